The van der Waals surface area contributed by atoms with E-state index in [0.717, 1.165) is 36.2 Å². The van der Waals surface area contributed by atoms with Crippen molar-refractivity contribution in [2.24, 2.45) is 0 Å². The van der Waals surface area contributed by atoms with Gasteiger partial charge in [0.05, 0.1) is 31.9 Å². The second-order valence-electron chi connectivity index (χ2n) is 9.23. The van der Waals surface area contributed by atoms with Crippen molar-refractivity contribution in [1.82, 2.24) is 4.90 Å². The molecule has 10 nitrogen and oxygen atoms in total. The lowest BCUT2D eigenvalue weighted by molar-refractivity contribution is -0.114. The number of amides is 1. The van der Waals surface area contributed by atoms with Crippen LogP contribution in [0, 0.1) is 0 Å². The zero-order valence-electron chi connectivity index (χ0n) is 22.9. The molecule has 0 aromatic heterocycles. The van der Waals surface area contributed by atoms with E-state index in [9.17, 15) is 13.2 Å². The summed E-state index contributed by atoms with van der Waals surface area (Å²) in [4.78, 5) is 17.7. The number of carbonyl (C=O) groups excluding carboxylic acids is 1. The lowest BCUT2D eigenvalue weighted by Gasteiger charge is -2.34. The van der Waals surface area contributed by atoms with Crippen LogP contribution < -0.4 is 28.7 Å². The molecule has 3 aromatic carbocycles. The van der Waals surface area contributed by atoms with E-state index in [4.69, 9.17) is 25.8 Å². The fourth-order valence-electron chi connectivity index (χ4n) is 4.41. The highest BCUT2D eigenvalue weighted by atomic mass is 35.5. The molecule has 12 heteroatoms. The molecule has 0 radical (unpaired) electrons. The number of piperazine rings is 1. The van der Waals surface area contributed by atoms with E-state index < -0.39 is 22.5 Å². The first-order chi connectivity index (χ1) is 19.2. The Bertz CT molecular complexity index is 1440. The highest BCUT2D eigenvalue weighted by molar-refractivity contribution is 7.92. The normalized spacial score (nSPS) is 14.0. The van der Waals surface area contributed by atoms with Crippen molar-refractivity contribution >= 4 is 44.6 Å². The largest absolute Gasteiger partial charge is 0.495 e. The molecule has 0 saturated carbocycles. The average Bonchev–Trinajstić information content (AvgIpc) is 2.96. The van der Waals surface area contributed by atoms with Gasteiger partial charge < -0.3 is 29.3 Å². The zero-order valence-corrected chi connectivity index (χ0v) is 24.5. The predicted molar refractivity (Wildman–Crippen MR) is 157 cm³/mol. The number of nitrogens with one attached hydrogen (secondary N) is 1. The number of ether oxygens (including phenoxy) is 3. The molecule has 3 aromatic rings. The number of halogens is 1. The van der Waals surface area contributed by atoms with E-state index >= 15 is 0 Å². The number of hydrogen-bond acceptors (Lipinski definition) is 8. The van der Waals surface area contributed by atoms with Crippen LogP contribution in [0.3, 0.4) is 0 Å². The van der Waals surface area contributed by atoms with Crippen molar-refractivity contribution in [2.45, 2.75) is 4.90 Å². The van der Waals surface area contributed by atoms with E-state index in [2.05, 4.69) is 22.2 Å². The molecule has 1 aliphatic heterocycles. The SMILES string of the molecule is COc1ccc(S(=O)(=O)N(CC(=O)Nc2ccc(N3CCN(C)CC3)cc2)c2cc(Cl)ccc2OC)cc1OC. The number of hydrogen-bond donors (Lipinski definition) is 1. The molecule has 4 rings (SSSR count). The van der Waals surface area contributed by atoms with E-state index in [1.807, 2.05) is 12.1 Å². The molecule has 1 heterocycles. The minimum Gasteiger partial charge on any atom is -0.495 e. The number of anilines is 3. The van der Waals surface area contributed by atoms with Crippen molar-refractivity contribution in [3.05, 3.63) is 65.7 Å². The third-order valence-electron chi connectivity index (χ3n) is 6.66. The molecule has 0 bridgehead atoms. The molecule has 1 N–H and O–H groups in total. The molecule has 1 fully saturated rings. The van der Waals surface area contributed by atoms with Gasteiger partial charge in [-0.15, -0.1) is 0 Å². The number of carbonyl (C=O) groups is 1. The molecule has 214 valence electrons. The Hall–Kier alpha value is -3.67. The maximum atomic E-state index is 14.0. The Morgan fingerprint density at radius 1 is 0.875 bits per heavy atom. The highest BCUT2D eigenvalue weighted by Gasteiger charge is 2.31. The molecule has 1 saturated heterocycles. The van der Waals surface area contributed by atoms with Crippen LogP contribution in [0.25, 0.3) is 0 Å². The van der Waals surface area contributed by atoms with Crippen LogP contribution in [-0.4, -0.2) is 80.3 Å². The third kappa shape index (κ3) is 6.55. The van der Waals surface area contributed by atoms with Crippen LogP contribution in [0.2, 0.25) is 5.02 Å². The van der Waals surface area contributed by atoms with Crippen LogP contribution in [0.15, 0.2) is 65.6 Å². The molecule has 1 aliphatic rings. The van der Waals surface area contributed by atoms with Crippen LogP contribution in [0.5, 0.6) is 17.2 Å². The van der Waals surface area contributed by atoms with Gasteiger partial charge in [0.15, 0.2) is 11.5 Å². The summed E-state index contributed by atoms with van der Waals surface area (Å²) >= 11 is 6.23. The maximum Gasteiger partial charge on any atom is 0.265 e. The highest BCUT2D eigenvalue weighted by Crippen LogP contribution is 2.37. The third-order valence-corrected chi connectivity index (χ3v) is 8.65. The molecular weight excluding hydrogens is 556 g/mol. The van der Waals surface area contributed by atoms with Crippen LogP contribution in [0.1, 0.15) is 0 Å². The lowest BCUT2D eigenvalue weighted by Crippen LogP contribution is -2.44. The van der Waals surface area contributed by atoms with Gasteiger partial charge in [-0.3, -0.25) is 9.10 Å². The van der Waals surface area contributed by atoms with E-state index in [1.165, 1.54) is 45.6 Å². The van der Waals surface area contributed by atoms with Gasteiger partial charge in [0.25, 0.3) is 10.0 Å². The van der Waals surface area contributed by atoms with Gasteiger partial charge in [-0.25, -0.2) is 8.42 Å². The zero-order chi connectivity index (χ0) is 28.9. The number of sulfonamides is 1. The van der Waals surface area contributed by atoms with Crippen LogP contribution in [0.4, 0.5) is 17.1 Å². The molecule has 0 atom stereocenters. The van der Waals surface area contributed by atoms with Gasteiger partial charge in [-0.1, -0.05) is 11.6 Å². The summed E-state index contributed by atoms with van der Waals surface area (Å²) in [6.45, 7) is 3.28. The summed E-state index contributed by atoms with van der Waals surface area (Å²) in [6.07, 6.45) is 0. The first-order valence-corrected chi connectivity index (χ1v) is 14.4. The second-order valence-corrected chi connectivity index (χ2v) is 11.5. The van der Waals surface area contributed by atoms with Gasteiger partial charge in [0.2, 0.25) is 5.91 Å². The quantitative estimate of drug-likeness (QED) is 0.380. The topological polar surface area (TPSA) is 101 Å². The van der Waals surface area contributed by atoms with Crippen molar-refractivity contribution in [3.63, 3.8) is 0 Å². The van der Waals surface area contributed by atoms with E-state index in [0.29, 0.717) is 11.4 Å². The summed E-state index contributed by atoms with van der Waals surface area (Å²) in [5, 5.41) is 3.09. The fraction of sp³-hybridized carbons (Fsp3) is 0.321. The molecule has 0 aliphatic carbocycles. The minimum absolute atomic E-state index is 0.100. The van der Waals surface area contributed by atoms with E-state index in [-0.39, 0.29) is 27.1 Å². The van der Waals surface area contributed by atoms with Crippen molar-refractivity contribution in [1.29, 1.82) is 0 Å². The summed E-state index contributed by atoms with van der Waals surface area (Å²) in [7, 11) is 2.09. The van der Waals surface area contributed by atoms with Crippen LogP contribution in [-0.2, 0) is 14.8 Å². The number of methoxy groups -OCH3 is 3. The smallest absolute Gasteiger partial charge is 0.265 e. The van der Waals surface area contributed by atoms with E-state index in [1.54, 1.807) is 24.3 Å². The summed E-state index contributed by atoms with van der Waals surface area (Å²) in [5.41, 5.74) is 1.72. The summed E-state index contributed by atoms with van der Waals surface area (Å²) in [5.74, 6) is 0.286. The standard InChI is InChI=1S/C28H33ClN4O6S/c1-31-13-15-32(16-14-31)22-8-6-21(7-9-22)30-28(34)19-33(24-17-20(29)5-11-25(24)37-2)40(35,36)23-10-12-26(38-3)27(18-23)39-4/h5-12,17-18H,13-16,19H2,1-4H3,(H,30,34). The monoisotopic (exact) mass is 588 g/mol. The van der Waals surface area contributed by atoms with Gasteiger partial charge in [0.1, 0.15) is 12.3 Å². The Labute approximate surface area is 240 Å². The average molecular weight is 589 g/mol. The van der Waals surface area contributed by atoms with Crippen molar-refractivity contribution < 1.29 is 27.4 Å². The van der Waals surface area contributed by atoms with Gasteiger partial charge >= 0.3 is 0 Å². The number of benzene rings is 3. The Morgan fingerprint density at radius 2 is 1.50 bits per heavy atom. The maximum absolute atomic E-state index is 14.0. The number of nitrogens with zero attached hydrogens (tertiary/aromatic N) is 3. The molecule has 0 spiro atoms. The summed E-state index contributed by atoms with van der Waals surface area (Å²) in [6, 6.07) is 16.3. The van der Waals surface area contributed by atoms with Gasteiger partial charge in [0, 0.05) is 48.6 Å². The van der Waals surface area contributed by atoms with Crippen molar-refractivity contribution in [2.75, 3.05) is 75.6 Å². The Morgan fingerprint density at radius 3 is 2.12 bits per heavy atom. The van der Waals surface area contributed by atoms with Crippen molar-refractivity contribution in [3.8, 4) is 17.2 Å². The molecule has 1 amide bonds. The number of rotatable bonds is 10. The van der Waals surface area contributed by atoms with Crippen LogP contribution >= 0.6 is 11.6 Å². The van der Waals surface area contributed by atoms with Gasteiger partial charge in [-0.05, 0) is 61.6 Å². The predicted octanol–water partition coefficient (Wildman–Crippen LogP) is 3.95. The molecule has 0 unspecified atom stereocenters. The first kappa shape index (κ1) is 29.3. The minimum atomic E-state index is -4.29. The summed E-state index contributed by atoms with van der Waals surface area (Å²) < 4.78 is 44.8. The van der Waals surface area contributed by atoms with Gasteiger partial charge in [-0.2, -0.15) is 0 Å². The lowest BCUT2D eigenvalue weighted by atomic mass is 10.2. The Balaban J connectivity index is 1.62. The fourth-order valence-corrected chi connectivity index (χ4v) is 6.02. The Kier molecular flexibility index (Phi) is 9.28. The second kappa shape index (κ2) is 12.7. The number of likely N-dealkylation sites (N-methyl/N-ethyl adjacent to an activating group) is 1. The first-order valence-electron chi connectivity index (χ1n) is 12.6. The molecule has 40 heavy (non-hydrogen) atoms. The molecular formula is C28H33ClN4O6S.